The van der Waals surface area contributed by atoms with Gasteiger partial charge in [-0.05, 0) is 170 Å². The summed E-state index contributed by atoms with van der Waals surface area (Å²) in [5.41, 5.74) is 4.91. The molecule has 1 heterocycles. The number of carboxylic acid groups (broad SMARTS) is 1. The molecule has 1 N–H and O–H groups in total. The summed E-state index contributed by atoms with van der Waals surface area (Å²) in [5.74, 6) is 2.72. The van der Waals surface area contributed by atoms with Gasteiger partial charge in [0.1, 0.15) is 0 Å². The van der Waals surface area contributed by atoms with Crippen LogP contribution < -0.4 is 0 Å². The number of fused-ring (bicyclic) bond motifs is 7. The summed E-state index contributed by atoms with van der Waals surface area (Å²) in [7, 11) is -2.87. The molecular weight excluding hydrogens is 691 g/mol. The molecule has 9 atom stereocenters. The van der Waals surface area contributed by atoms with Crippen molar-refractivity contribution in [1.82, 2.24) is 4.90 Å². The summed E-state index contributed by atoms with van der Waals surface area (Å²) < 4.78 is 23.6. The minimum Gasteiger partial charge on any atom is -0.478 e. The first-order chi connectivity index (χ1) is 25.4. The van der Waals surface area contributed by atoms with Crippen LogP contribution >= 0.6 is 0 Å². The Kier molecular flexibility index (Phi) is 10.4. The smallest absolute Gasteiger partial charge is 0.335 e. The molecule has 0 aromatic heterocycles. The number of carboxylic acids is 1. The third-order valence-electron chi connectivity index (χ3n) is 17.3. The van der Waals surface area contributed by atoms with E-state index >= 15 is 0 Å². The number of sulfone groups is 1. The van der Waals surface area contributed by atoms with E-state index in [1.807, 2.05) is 18.2 Å². The lowest BCUT2D eigenvalue weighted by Gasteiger charge is -2.72. The van der Waals surface area contributed by atoms with Crippen molar-refractivity contribution in [2.24, 2.45) is 56.7 Å². The monoisotopic (exact) mass is 757 g/mol. The van der Waals surface area contributed by atoms with E-state index < -0.39 is 15.8 Å². The molecule has 0 amide bonds. The molecule has 0 radical (unpaired) electrons. The third-order valence-corrected chi connectivity index (χ3v) is 18.9. The van der Waals surface area contributed by atoms with Gasteiger partial charge in [0, 0.05) is 19.5 Å². The van der Waals surface area contributed by atoms with Crippen molar-refractivity contribution in [1.29, 1.82) is 0 Å². The standard InChI is InChI=1S/C47H67NO5S/c1-32(2)36-18-24-47(23-17-35(49)10-8-9-27-48-28-30-54(52,53)31-29-48)26-25-45(6)38(41(36)47)15-16-40-44(5)21-19-37(33-11-13-34(14-12-33)42(50)51)43(3,4)39(44)20-22-46(40,45)7/h11-14,17,19,23,36,38-41H,1,8-10,15-16,18,20-22,24-31H2,2-7H3,(H,50,51)/b23-17+/t36-,38+,39-,40+,41+,44-,45+,46+,47+/m0/s1. The predicted molar refractivity (Wildman–Crippen MR) is 219 cm³/mol. The number of rotatable bonds is 10. The molecule has 0 unspecified atom stereocenters. The number of hydrogen-bond acceptors (Lipinski definition) is 5. The normalized spacial score (nSPS) is 39.8. The number of carbonyl (C=O) groups is 2. The van der Waals surface area contributed by atoms with Gasteiger partial charge in [-0.1, -0.05) is 71.1 Å². The Bertz CT molecular complexity index is 1810. The average Bonchev–Trinajstić information content (AvgIpc) is 3.50. The van der Waals surface area contributed by atoms with Crippen LogP contribution in [0.1, 0.15) is 135 Å². The molecule has 296 valence electrons. The second kappa shape index (κ2) is 14.1. The number of allylic oxidation sites excluding steroid dienone is 5. The highest BCUT2D eigenvalue weighted by molar-refractivity contribution is 7.91. The van der Waals surface area contributed by atoms with Crippen LogP contribution in [-0.4, -0.2) is 61.3 Å². The average molecular weight is 758 g/mol. The molecule has 5 fully saturated rings. The van der Waals surface area contributed by atoms with Crippen molar-refractivity contribution in [3.8, 4) is 0 Å². The van der Waals surface area contributed by atoms with E-state index in [1.165, 1.54) is 49.7 Å². The zero-order valence-electron chi connectivity index (χ0n) is 34.1. The van der Waals surface area contributed by atoms with E-state index in [4.69, 9.17) is 0 Å². The van der Waals surface area contributed by atoms with E-state index in [0.717, 1.165) is 44.2 Å². The molecule has 1 aromatic carbocycles. The van der Waals surface area contributed by atoms with E-state index in [-0.39, 0.29) is 44.4 Å². The van der Waals surface area contributed by atoms with Crippen molar-refractivity contribution in [2.75, 3.05) is 31.1 Å². The van der Waals surface area contributed by atoms with Crippen LogP contribution in [0.15, 0.2) is 54.6 Å². The van der Waals surface area contributed by atoms with Crippen molar-refractivity contribution in [3.05, 3.63) is 65.8 Å². The van der Waals surface area contributed by atoms with E-state index in [0.29, 0.717) is 54.7 Å². The third kappa shape index (κ3) is 6.53. The molecule has 6 nitrogen and oxygen atoms in total. The highest BCUT2D eigenvalue weighted by atomic mass is 32.2. The number of unbranched alkanes of at least 4 members (excludes halogenated alkanes) is 1. The molecule has 1 aromatic rings. The maximum atomic E-state index is 13.4. The lowest BCUT2D eigenvalue weighted by Crippen LogP contribution is -2.65. The maximum Gasteiger partial charge on any atom is 0.335 e. The van der Waals surface area contributed by atoms with Gasteiger partial charge in [-0.15, -0.1) is 0 Å². The SMILES string of the molecule is C=C(C)[C@@H]1CC[C@]2(/C=C/C(=O)CCCCN3CCS(=O)(=O)CC3)CC[C@]3(C)[C@H](CC[C@@H]4[C@@]5(C)CC=C(c6ccc(C(=O)O)cc6)C(C)(C)[C@@H]5CC[C@]43C)[C@@H]12. The molecular formula is C47H67NO5S. The van der Waals surface area contributed by atoms with Gasteiger partial charge in [0.15, 0.2) is 15.6 Å². The lowest BCUT2D eigenvalue weighted by molar-refractivity contribution is -0.221. The minimum absolute atomic E-state index is 0.0108. The Labute approximate surface area is 326 Å². The van der Waals surface area contributed by atoms with Crippen molar-refractivity contribution in [2.45, 2.75) is 119 Å². The topological polar surface area (TPSA) is 91.8 Å². The van der Waals surface area contributed by atoms with Crippen LogP contribution in [0, 0.1) is 56.7 Å². The van der Waals surface area contributed by atoms with Gasteiger partial charge < -0.3 is 10.0 Å². The Morgan fingerprint density at radius 1 is 0.889 bits per heavy atom. The molecule has 5 aliphatic carbocycles. The van der Waals surface area contributed by atoms with Gasteiger partial charge in [0.05, 0.1) is 17.1 Å². The fraction of sp³-hybridized carbons (Fsp3) is 0.702. The van der Waals surface area contributed by atoms with Gasteiger partial charge >= 0.3 is 5.97 Å². The summed E-state index contributed by atoms with van der Waals surface area (Å²) in [6.07, 6.45) is 20.0. The van der Waals surface area contributed by atoms with Crippen molar-refractivity contribution < 1.29 is 23.1 Å². The van der Waals surface area contributed by atoms with Crippen LogP contribution in [0.25, 0.3) is 5.57 Å². The fourth-order valence-corrected chi connectivity index (χ4v) is 15.6. The largest absolute Gasteiger partial charge is 0.478 e. The molecule has 0 spiro atoms. The van der Waals surface area contributed by atoms with Gasteiger partial charge in [0.2, 0.25) is 0 Å². The van der Waals surface area contributed by atoms with Crippen LogP contribution in [0.5, 0.6) is 0 Å². The molecule has 4 saturated carbocycles. The second-order valence-corrected chi connectivity index (χ2v) is 22.4. The number of carbonyl (C=O) groups excluding carboxylic acids is 1. The Balaban J connectivity index is 1.08. The van der Waals surface area contributed by atoms with Crippen LogP contribution in [0.3, 0.4) is 0 Å². The summed E-state index contributed by atoms with van der Waals surface area (Å²) in [5, 5.41) is 9.50. The summed E-state index contributed by atoms with van der Waals surface area (Å²) in [6, 6.07) is 7.55. The number of aromatic carboxylic acids is 1. The summed E-state index contributed by atoms with van der Waals surface area (Å²) in [4.78, 5) is 27.2. The minimum atomic E-state index is -2.87. The zero-order chi connectivity index (χ0) is 38.9. The van der Waals surface area contributed by atoms with Gasteiger partial charge in [-0.2, -0.15) is 0 Å². The number of hydrogen-bond donors (Lipinski definition) is 1. The first kappa shape index (κ1) is 39.7. The molecule has 1 aliphatic heterocycles. The van der Waals surface area contributed by atoms with Crippen LogP contribution in [0.4, 0.5) is 0 Å². The summed E-state index contributed by atoms with van der Waals surface area (Å²) in [6.45, 7) is 21.8. The number of nitrogens with zero attached hydrogens (tertiary/aromatic N) is 1. The van der Waals surface area contributed by atoms with Gasteiger partial charge in [-0.3, -0.25) is 4.79 Å². The second-order valence-electron chi connectivity index (χ2n) is 20.1. The molecule has 7 heteroatoms. The maximum absolute atomic E-state index is 13.4. The summed E-state index contributed by atoms with van der Waals surface area (Å²) >= 11 is 0. The number of benzene rings is 1. The highest BCUT2D eigenvalue weighted by Gasteiger charge is 2.70. The van der Waals surface area contributed by atoms with Crippen molar-refractivity contribution >= 4 is 27.2 Å². The molecule has 7 rings (SSSR count). The van der Waals surface area contributed by atoms with E-state index in [1.54, 1.807) is 12.1 Å². The zero-order valence-corrected chi connectivity index (χ0v) is 34.9. The Morgan fingerprint density at radius 2 is 1.59 bits per heavy atom. The molecule has 0 bridgehead atoms. The molecule has 54 heavy (non-hydrogen) atoms. The van der Waals surface area contributed by atoms with Gasteiger partial charge in [0.25, 0.3) is 0 Å². The quantitative estimate of drug-likeness (QED) is 0.145. The highest BCUT2D eigenvalue weighted by Crippen LogP contribution is 2.78. The molecule has 1 saturated heterocycles. The lowest BCUT2D eigenvalue weighted by atomic mass is 9.32. The first-order valence-electron chi connectivity index (χ1n) is 21.2. The van der Waals surface area contributed by atoms with Crippen molar-refractivity contribution in [3.63, 3.8) is 0 Å². The van der Waals surface area contributed by atoms with Crippen LogP contribution in [-0.2, 0) is 14.6 Å². The Morgan fingerprint density at radius 3 is 2.26 bits per heavy atom. The fourth-order valence-electron chi connectivity index (χ4n) is 14.3. The Hall–Kier alpha value is -2.51. The van der Waals surface area contributed by atoms with E-state index in [9.17, 15) is 23.1 Å². The van der Waals surface area contributed by atoms with Gasteiger partial charge in [-0.25, -0.2) is 13.2 Å². The first-order valence-corrected chi connectivity index (χ1v) is 23.0. The van der Waals surface area contributed by atoms with E-state index in [2.05, 4.69) is 65.2 Å². The van der Waals surface area contributed by atoms with Crippen LogP contribution in [0.2, 0.25) is 0 Å². The molecule has 6 aliphatic rings. The predicted octanol–water partition coefficient (Wildman–Crippen LogP) is 10.1. The number of ketones is 1.